The maximum absolute atomic E-state index is 12.6. The average molecular weight is 327 g/mol. The zero-order valence-electron chi connectivity index (χ0n) is 12.6. The van der Waals surface area contributed by atoms with Crippen molar-refractivity contribution in [3.8, 4) is 0 Å². The molecule has 1 saturated heterocycles. The highest BCUT2D eigenvalue weighted by molar-refractivity contribution is 7.86. The summed E-state index contributed by atoms with van der Waals surface area (Å²) >= 11 is 0. The fourth-order valence-corrected chi connectivity index (χ4v) is 4.03. The normalized spacial score (nSPS) is 17.4. The van der Waals surface area contributed by atoms with Gasteiger partial charge in [0.1, 0.15) is 0 Å². The largest absolute Gasteiger partial charge is 0.282 e. The van der Waals surface area contributed by atoms with Crippen molar-refractivity contribution in [1.29, 1.82) is 0 Å². The smallest absolute Gasteiger partial charge is 0.258 e. The molecule has 0 spiro atoms. The van der Waals surface area contributed by atoms with Crippen LogP contribution in [0.1, 0.15) is 31.2 Å². The van der Waals surface area contributed by atoms with Crippen LogP contribution in [0.25, 0.3) is 0 Å². The Morgan fingerprint density at radius 1 is 1.18 bits per heavy atom. The minimum atomic E-state index is -3.58. The van der Waals surface area contributed by atoms with E-state index in [2.05, 4.69) is 0 Å². The summed E-state index contributed by atoms with van der Waals surface area (Å²) < 4.78 is 27.9. The third kappa shape index (κ3) is 3.82. The number of rotatable bonds is 5. The second-order valence-corrected chi connectivity index (χ2v) is 7.50. The molecule has 1 aliphatic rings. The molecule has 0 radical (unpaired) electrons. The molecular formula is C14H21N3O4S. The van der Waals surface area contributed by atoms with Gasteiger partial charge in [-0.3, -0.25) is 10.1 Å². The van der Waals surface area contributed by atoms with Gasteiger partial charge in [-0.2, -0.15) is 17.0 Å². The Morgan fingerprint density at radius 2 is 1.77 bits per heavy atom. The highest BCUT2D eigenvalue weighted by atomic mass is 32.2. The molecule has 22 heavy (non-hydrogen) atoms. The summed E-state index contributed by atoms with van der Waals surface area (Å²) in [4.78, 5) is 10.5. The van der Waals surface area contributed by atoms with E-state index in [0.29, 0.717) is 18.7 Å². The van der Waals surface area contributed by atoms with Gasteiger partial charge in [0.25, 0.3) is 15.9 Å². The molecule has 8 heteroatoms. The molecule has 2 rings (SSSR count). The van der Waals surface area contributed by atoms with E-state index in [-0.39, 0.29) is 12.2 Å². The van der Waals surface area contributed by atoms with Crippen molar-refractivity contribution in [2.75, 3.05) is 20.1 Å². The van der Waals surface area contributed by atoms with E-state index < -0.39 is 15.1 Å². The van der Waals surface area contributed by atoms with E-state index in [0.717, 1.165) is 25.7 Å². The number of para-hydroxylation sites is 1. The Kier molecular flexibility index (Phi) is 5.49. The Morgan fingerprint density at radius 3 is 2.36 bits per heavy atom. The van der Waals surface area contributed by atoms with E-state index in [4.69, 9.17) is 0 Å². The van der Waals surface area contributed by atoms with Crippen LogP contribution < -0.4 is 0 Å². The molecule has 0 aliphatic carbocycles. The van der Waals surface area contributed by atoms with Crippen molar-refractivity contribution >= 4 is 15.9 Å². The number of hydrogen-bond donors (Lipinski definition) is 0. The van der Waals surface area contributed by atoms with Crippen LogP contribution in [0, 0.1) is 10.1 Å². The van der Waals surface area contributed by atoms with E-state index in [1.165, 1.54) is 21.7 Å². The Hall–Kier alpha value is -1.51. The van der Waals surface area contributed by atoms with Crippen molar-refractivity contribution in [2.45, 2.75) is 32.2 Å². The highest BCUT2D eigenvalue weighted by Gasteiger charge is 2.28. The number of hydrogen-bond acceptors (Lipinski definition) is 4. The maximum atomic E-state index is 12.6. The molecule has 0 unspecified atom stereocenters. The number of nitro groups is 1. The molecule has 0 atom stereocenters. The minimum absolute atomic E-state index is 0.00398. The number of benzene rings is 1. The molecule has 0 bridgehead atoms. The first-order valence-corrected chi connectivity index (χ1v) is 8.76. The zero-order valence-corrected chi connectivity index (χ0v) is 13.5. The van der Waals surface area contributed by atoms with Crippen LogP contribution in [0.15, 0.2) is 24.3 Å². The average Bonchev–Trinajstić information content (AvgIpc) is 2.77. The molecule has 0 N–H and O–H groups in total. The van der Waals surface area contributed by atoms with Gasteiger partial charge in [0, 0.05) is 38.3 Å². The summed E-state index contributed by atoms with van der Waals surface area (Å²) in [6.07, 6.45) is 3.80. The Bertz CT molecular complexity index is 625. The minimum Gasteiger partial charge on any atom is -0.258 e. The first-order valence-electron chi connectivity index (χ1n) is 7.36. The van der Waals surface area contributed by atoms with Gasteiger partial charge in [-0.05, 0) is 12.8 Å². The van der Waals surface area contributed by atoms with E-state index in [1.807, 2.05) is 0 Å². The zero-order chi connectivity index (χ0) is 16.2. The second-order valence-electron chi connectivity index (χ2n) is 5.46. The predicted molar refractivity (Wildman–Crippen MR) is 83.5 cm³/mol. The van der Waals surface area contributed by atoms with Crippen LogP contribution in [0.4, 0.5) is 5.69 Å². The van der Waals surface area contributed by atoms with E-state index in [9.17, 15) is 18.5 Å². The molecule has 0 aromatic heterocycles. The van der Waals surface area contributed by atoms with Crippen LogP contribution in [0.5, 0.6) is 0 Å². The third-order valence-corrected chi connectivity index (χ3v) is 5.80. The maximum Gasteiger partial charge on any atom is 0.282 e. The molecule has 1 heterocycles. The summed E-state index contributed by atoms with van der Waals surface area (Å²) in [5.41, 5.74) is 0.341. The first kappa shape index (κ1) is 16.9. The lowest BCUT2D eigenvalue weighted by Gasteiger charge is -2.26. The van der Waals surface area contributed by atoms with Crippen molar-refractivity contribution in [2.24, 2.45) is 0 Å². The Labute approximate surface area is 130 Å². The van der Waals surface area contributed by atoms with Gasteiger partial charge in [0.2, 0.25) is 0 Å². The quantitative estimate of drug-likeness (QED) is 0.613. The van der Waals surface area contributed by atoms with Crippen LogP contribution in [0.2, 0.25) is 0 Å². The van der Waals surface area contributed by atoms with E-state index in [1.54, 1.807) is 18.2 Å². The van der Waals surface area contributed by atoms with Gasteiger partial charge in [-0.1, -0.05) is 31.0 Å². The molecule has 1 aliphatic heterocycles. The molecule has 122 valence electrons. The molecular weight excluding hydrogens is 306 g/mol. The first-order chi connectivity index (χ1) is 10.4. The summed E-state index contributed by atoms with van der Waals surface area (Å²) in [6.45, 7) is 1.03. The van der Waals surface area contributed by atoms with Crippen LogP contribution in [0.3, 0.4) is 0 Å². The molecule has 1 aromatic carbocycles. The Balaban J connectivity index is 2.17. The van der Waals surface area contributed by atoms with Gasteiger partial charge in [0.15, 0.2) is 0 Å². The number of nitro benzene ring substituents is 1. The second kappa shape index (κ2) is 7.17. The monoisotopic (exact) mass is 327 g/mol. The van der Waals surface area contributed by atoms with Crippen molar-refractivity contribution in [3.63, 3.8) is 0 Å². The van der Waals surface area contributed by atoms with Gasteiger partial charge in [0.05, 0.1) is 4.92 Å². The van der Waals surface area contributed by atoms with Gasteiger partial charge < -0.3 is 0 Å². The molecule has 7 nitrogen and oxygen atoms in total. The fourth-order valence-electron chi connectivity index (χ4n) is 2.61. The topological polar surface area (TPSA) is 83.8 Å². The lowest BCUT2D eigenvalue weighted by Crippen LogP contribution is -2.42. The van der Waals surface area contributed by atoms with Crippen LogP contribution in [-0.2, 0) is 16.8 Å². The van der Waals surface area contributed by atoms with Crippen molar-refractivity contribution in [1.82, 2.24) is 8.61 Å². The third-order valence-electron chi connectivity index (χ3n) is 3.87. The van der Waals surface area contributed by atoms with Crippen molar-refractivity contribution < 1.29 is 13.3 Å². The SMILES string of the molecule is CN(Cc1ccccc1[N+](=O)[O-])S(=O)(=O)N1CCCCCC1. The standard InChI is InChI=1S/C14H21N3O4S/c1-15(12-13-8-4-5-9-14(13)17(18)19)22(20,21)16-10-6-2-3-7-11-16/h4-5,8-9H,2-3,6-7,10-12H2,1H3. The number of nitrogens with zero attached hydrogens (tertiary/aromatic N) is 3. The lowest BCUT2D eigenvalue weighted by molar-refractivity contribution is -0.385. The lowest BCUT2D eigenvalue weighted by atomic mass is 10.2. The summed E-state index contributed by atoms with van der Waals surface area (Å²) in [5.74, 6) is 0. The summed E-state index contributed by atoms with van der Waals surface area (Å²) in [6, 6.07) is 6.23. The fraction of sp³-hybridized carbons (Fsp3) is 0.571. The predicted octanol–water partition coefficient (Wildman–Crippen LogP) is 2.15. The van der Waals surface area contributed by atoms with Gasteiger partial charge in [-0.25, -0.2) is 0 Å². The van der Waals surface area contributed by atoms with Crippen molar-refractivity contribution in [3.05, 3.63) is 39.9 Å². The molecule has 0 saturated carbocycles. The van der Waals surface area contributed by atoms with Crippen LogP contribution >= 0.6 is 0 Å². The molecule has 0 amide bonds. The molecule has 1 fully saturated rings. The van der Waals surface area contributed by atoms with E-state index >= 15 is 0 Å². The summed E-state index contributed by atoms with van der Waals surface area (Å²) in [7, 11) is -2.11. The van der Waals surface area contributed by atoms with Crippen LogP contribution in [-0.4, -0.2) is 42.1 Å². The summed E-state index contributed by atoms with van der Waals surface area (Å²) in [5, 5.41) is 11.0. The molecule has 1 aromatic rings. The van der Waals surface area contributed by atoms with Gasteiger partial charge >= 0.3 is 0 Å². The highest BCUT2D eigenvalue weighted by Crippen LogP contribution is 2.22. The van der Waals surface area contributed by atoms with Gasteiger partial charge in [-0.15, -0.1) is 0 Å².